The van der Waals surface area contributed by atoms with Crippen LogP contribution in [-0.4, -0.2) is 11.7 Å². The SMILES string of the molecule is c1ccc(C2=NC(c3cc(-c4ccc(-c5ccccc5)cc4)c4c(c3)oc3ccc5ccccc5c34)N=C(c3ccccc3)N2)cc1. The molecule has 0 unspecified atom stereocenters. The molecule has 0 aliphatic carbocycles. The maximum Gasteiger partial charge on any atom is 0.169 e. The maximum absolute atomic E-state index is 6.66. The fourth-order valence-electron chi connectivity index (χ4n) is 6.62. The van der Waals surface area contributed by atoms with Gasteiger partial charge >= 0.3 is 0 Å². The first kappa shape index (κ1) is 27.1. The Morgan fingerprint density at radius 3 is 1.66 bits per heavy atom. The van der Waals surface area contributed by atoms with Crippen LogP contribution in [-0.2, 0) is 0 Å². The molecule has 1 aliphatic rings. The van der Waals surface area contributed by atoms with Crippen molar-refractivity contribution in [3.05, 3.63) is 180 Å². The first-order valence-corrected chi connectivity index (χ1v) is 15.9. The Labute approximate surface area is 272 Å². The lowest BCUT2D eigenvalue weighted by Gasteiger charge is -2.23. The standard InChI is InChI=1S/C43H29N3O/c1-4-12-28(13-5-1)29-20-22-31(23-21-29)36-26-34(27-38-40(36)39-35-19-11-10-14-30(35)24-25-37(39)47-38)43-45-41(32-15-6-2-7-16-32)44-42(46-43)33-17-8-3-9-18-33/h1-27,43H,(H,44,45,46). The minimum Gasteiger partial charge on any atom is -0.456 e. The molecule has 0 saturated carbocycles. The lowest BCUT2D eigenvalue weighted by Crippen LogP contribution is -2.36. The van der Waals surface area contributed by atoms with E-state index in [1.807, 2.05) is 42.5 Å². The van der Waals surface area contributed by atoms with Crippen LogP contribution in [0.1, 0.15) is 22.9 Å². The zero-order chi connectivity index (χ0) is 31.2. The van der Waals surface area contributed by atoms with Gasteiger partial charge in [-0.1, -0.05) is 146 Å². The quantitative estimate of drug-likeness (QED) is 0.213. The van der Waals surface area contributed by atoms with Crippen molar-refractivity contribution in [3.8, 4) is 22.3 Å². The number of hydrogen-bond donors (Lipinski definition) is 1. The predicted molar refractivity (Wildman–Crippen MR) is 194 cm³/mol. The molecule has 47 heavy (non-hydrogen) atoms. The van der Waals surface area contributed by atoms with Gasteiger partial charge in [-0.2, -0.15) is 0 Å². The number of nitrogens with one attached hydrogen (secondary N) is 1. The molecule has 222 valence electrons. The zero-order valence-corrected chi connectivity index (χ0v) is 25.5. The van der Waals surface area contributed by atoms with Crippen LogP contribution in [0, 0.1) is 0 Å². The molecule has 7 aromatic carbocycles. The van der Waals surface area contributed by atoms with Crippen LogP contribution in [0.15, 0.2) is 178 Å². The third kappa shape index (κ3) is 4.88. The topological polar surface area (TPSA) is 49.9 Å². The normalized spacial score (nSPS) is 13.4. The number of furan rings is 1. The van der Waals surface area contributed by atoms with Crippen LogP contribution in [0.3, 0.4) is 0 Å². The van der Waals surface area contributed by atoms with Crippen molar-refractivity contribution in [2.45, 2.75) is 6.17 Å². The largest absolute Gasteiger partial charge is 0.456 e. The smallest absolute Gasteiger partial charge is 0.169 e. The lowest BCUT2D eigenvalue weighted by molar-refractivity contribution is 0.666. The number of amidine groups is 2. The second-order valence-electron chi connectivity index (χ2n) is 11.8. The van der Waals surface area contributed by atoms with Crippen LogP contribution >= 0.6 is 0 Å². The number of nitrogens with zero attached hydrogens (tertiary/aromatic N) is 2. The van der Waals surface area contributed by atoms with Crippen molar-refractivity contribution in [2.24, 2.45) is 9.98 Å². The second-order valence-corrected chi connectivity index (χ2v) is 11.8. The van der Waals surface area contributed by atoms with Gasteiger partial charge in [0.1, 0.15) is 22.8 Å². The predicted octanol–water partition coefficient (Wildman–Crippen LogP) is 10.6. The molecule has 1 aromatic heterocycles. The van der Waals surface area contributed by atoms with E-state index >= 15 is 0 Å². The highest BCUT2D eigenvalue weighted by Crippen LogP contribution is 2.43. The van der Waals surface area contributed by atoms with Gasteiger partial charge in [0.15, 0.2) is 6.17 Å². The van der Waals surface area contributed by atoms with Gasteiger partial charge in [0.25, 0.3) is 0 Å². The summed E-state index contributed by atoms with van der Waals surface area (Å²) in [5, 5.41) is 8.09. The number of aliphatic imine (C=N–C) groups is 2. The van der Waals surface area contributed by atoms with Gasteiger partial charge in [-0.05, 0) is 51.2 Å². The zero-order valence-electron chi connectivity index (χ0n) is 25.5. The van der Waals surface area contributed by atoms with E-state index in [1.165, 1.54) is 21.9 Å². The first-order chi connectivity index (χ1) is 23.3. The molecule has 0 spiro atoms. The highest BCUT2D eigenvalue weighted by atomic mass is 16.3. The van der Waals surface area contributed by atoms with E-state index in [2.05, 4.69) is 127 Å². The van der Waals surface area contributed by atoms with Crippen molar-refractivity contribution in [3.63, 3.8) is 0 Å². The van der Waals surface area contributed by atoms with Crippen LogP contribution in [0.5, 0.6) is 0 Å². The summed E-state index contributed by atoms with van der Waals surface area (Å²) in [7, 11) is 0. The molecule has 2 heterocycles. The summed E-state index contributed by atoms with van der Waals surface area (Å²) in [5.41, 5.74) is 9.25. The Balaban J connectivity index is 1.28. The molecule has 0 bridgehead atoms. The summed E-state index contributed by atoms with van der Waals surface area (Å²) in [6.07, 6.45) is -0.474. The average Bonchev–Trinajstić information content (AvgIpc) is 3.55. The third-order valence-corrected chi connectivity index (χ3v) is 8.92. The van der Waals surface area contributed by atoms with Crippen molar-refractivity contribution in [1.82, 2.24) is 5.32 Å². The molecule has 9 rings (SSSR count). The van der Waals surface area contributed by atoms with Gasteiger partial charge in [-0.25, -0.2) is 9.98 Å². The van der Waals surface area contributed by atoms with Crippen molar-refractivity contribution < 1.29 is 4.42 Å². The number of rotatable bonds is 5. The maximum atomic E-state index is 6.66. The van der Waals surface area contributed by atoms with E-state index in [4.69, 9.17) is 14.4 Å². The van der Waals surface area contributed by atoms with Gasteiger partial charge in [-0.3, -0.25) is 0 Å². The van der Waals surface area contributed by atoms with Crippen LogP contribution in [0.4, 0.5) is 0 Å². The van der Waals surface area contributed by atoms with Crippen LogP contribution in [0.25, 0.3) is 55.0 Å². The fraction of sp³-hybridized carbons (Fsp3) is 0.0233. The highest BCUT2D eigenvalue weighted by molar-refractivity contribution is 6.23. The Morgan fingerprint density at radius 2 is 1.00 bits per heavy atom. The van der Waals surface area contributed by atoms with E-state index in [1.54, 1.807) is 0 Å². The van der Waals surface area contributed by atoms with Crippen molar-refractivity contribution in [2.75, 3.05) is 0 Å². The molecule has 0 atom stereocenters. The van der Waals surface area contributed by atoms with Gasteiger partial charge in [-0.15, -0.1) is 0 Å². The summed E-state index contributed by atoms with van der Waals surface area (Å²) in [6.45, 7) is 0. The Bertz CT molecular complexity index is 2410. The highest BCUT2D eigenvalue weighted by Gasteiger charge is 2.24. The molecule has 0 radical (unpaired) electrons. The summed E-state index contributed by atoms with van der Waals surface area (Å²) >= 11 is 0. The fourth-order valence-corrected chi connectivity index (χ4v) is 6.62. The second kappa shape index (κ2) is 11.3. The molecule has 0 fully saturated rings. The van der Waals surface area contributed by atoms with E-state index in [9.17, 15) is 0 Å². The third-order valence-electron chi connectivity index (χ3n) is 8.92. The first-order valence-electron chi connectivity index (χ1n) is 15.9. The summed E-state index contributed by atoms with van der Waals surface area (Å²) in [5.74, 6) is 1.57. The Morgan fingerprint density at radius 1 is 0.447 bits per heavy atom. The summed E-state index contributed by atoms with van der Waals surface area (Å²) in [6, 6.07) is 56.9. The van der Waals surface area contributed by atoms with E-state index in [-0.39, 0.29) is 0 Å². The molecule has 1 N–H and O–H groups in total. The van der Waals surface area contributed by atoms with Gasteiger partial charge in [0, 0.05) is 27.5 Å². The van der Waals surface area contributed by atoms with Crippen molar-refractivity contribution >= 4 is 44.4 Å². The molecule has 4 heteroatoms. The number of fused-ring (bicyclic) bond motifs is 5. The Kier molecular flexibility index (Phi) is 6.50. The molecular formula is C43H29N3O. The minimum absolute atomic E-state index is 0.474. The summed E-state index contributed by atoms with van der Waals surface area (Å²) < 4.78 is 6.66. The molecule has 4 nitrogen and oxygen atoms in total. The van der Waals surface area contributed by atoms with Gasteiger partial charge < -0.3 is 9.73 Å². The monoisotopic (exact) mass is 603 g/mol. The minimum atomic E-state index is -0.474. The molecule has 1 aliphatic heterocycles. The van der Waals surface area contributed by atoms with Gasteiger partial charge in [0.05, 0.1) is 0 Å². The molecule has 0 amide bonds. The molecule has 8 aromatic rings. The number of hydrogen-bond acceptors (Lipinski definition) is 4. The molecule has 0 saturated heterocycles. The van der Waals surface area contributed by atoms with Crippen molar-refractivity contribution in [1.29, 1.82) is 0 Å². The van der Waals surface area contributed by atoms with Gasteiger partial charge in [0.2, 0.25) is 0 Å². The van der Waals surface area contributed by atoms with E-state index in [0.717, 1.165) is 61.4 Å². The van der Waals surface area contributed by atoms with Crippen LogP contribution in [0.2, 0.25) is 0 Å². The number of benzene rings is 7. The van der Waals surface area contributed by atoms with E-state index < -0.39 is 6.17 Å². The van der Waals surface area contributed by atoms with E-state index in [0.29, 0.717) is 0 Å². The summed E-state index contributed by atoms with van der Waals surface area (Å²) in [4.78, 5) is 10.3. The average molecular weight is 604 g/mol. The molecular weight excluding hydrogens is 574 g/mol. The van der Waals surface area contributed by atoms with Crippen LogP contribution < -0.4 is 5.32 Å². The Hall–Kier alpha value is -6.26. The lowest BCUT2D eigenvalue weighted by atomic mass is 9.93.